The molecule has 0 aliphatic carbocycles. The van der Waals surface area contributed by atoms with Crippen molar-refractivity contribution >= 4 is 17.3 Å². The van der Waals surface area contributed by atoms with Gasteiger partial charge in [-0.3, -0.25) is 0 Å². The summed E-state index contributed by atoms with van der Waals surface area (Å²) in [5.41, 5.74) is 13.9. The van der Waals surface area contributed by atoms with E-state index in [1.165, 1.54) is 0 Å². The summed E-state index contributed by atoms with van der Waals surface area (Å²) in [7, 11) is 0. The number of piperidine rings is 1. The Labute approximate surface area is 138 Å². The molecule has 0 atom stereocenters. The second-order valence-corrected chi connectivity index (χ2v) is 7.10. The molecule has 0 radical (unpaired) electrons. The lowest BCUT2D eigenvalue weighted by Crippen LogP contribution is -2.42. The molecule has 0 unspecified atom stereocenters. The molecular formula is C17H28N4O2. The van der Waals surface area contributed by atoms with E-state index in [9.17, 15) is 4.79 Å². The zero-order chi connectivity index (χ0) is 17.0. The SMILES string of the molecule is CC(C)(C)C(=O)ON1CCC(Nc2ccc(CN)cc2N)CC1. The van der Waals surface area contributed by atoms with Crippen LogP contribution < -0.4 is 16.8 Å². The molecule has 0 amide bonds. The lowest BCUT2D eigenvalue weighted by Gasteiger charge is -2.33. The van der Waals surface area contributed by atoms with Crippen molar-refractivity contribution in [2.45, 2.75) is 46.2 Å². The summed E-state index contributed by atoms with van der Waals surface area (Å²) in [6, 6.07) is 6.19. The molecule has 0 spiro atoms. The number of hydroxylamine groups is 2. The molecule has 0 aromatic heterocycles. The van der Waals surface area contributed by atoms with Crippen LogP contribution in [0.2, 0.25) is 0 Å². The van der Waals surface area contributed by atoms with Crippen molar-refractivity contribution in [1.82, 2.24) is 5.06 Å². The topological polar surface area (TPSA) is 93.6 Å². The zero-order valence-electron chi connectivity index (χ0n) is 14.3. The largest absolute Gasteiger partial charge is 0.397 e. The summed E-state index contributed by atoms with van der Waals surface area (Å²) in [6.45, 7) is 7.51. The van der Waals surface area contributed by atoms with Crippen LogP contribution in [0.1, 0.15) is 39.2 Å². The highest BCUT2D eigenvalue weighted by atomic mass is 16.7. The number of nitrogen functional groups attached to an aromatic ring is 1. The molecule has 2 rings (SSSR count). The van der Waals surface area contributed by atoms with Crippen molar-refractivity contribution in [3.63, 3.8) is 0 Å². The predicted molar refractivity (Wildman–Crippen MR) is 92.5 cm³/mol. The minimum absolute atomic E-state index is 0.189. The number of carbonyl (C=O) groups is 1. The van der Waals surface area contributed by atoms with Crippen LogP contribution in [-0.4, -0.2) is 30.2 Å². The van der Waals surface area contributed by atoms with Gasteiger partial charge in [-0.2, -0.15) is 0 Å². The number of nitrogens with one attached hydrogen (secondary N) is 1. The molecular weight excluding hydrogens is 292 g/mol. The molecule has 6 heteroatoms. The number of benzene rings is 1. The van der Waals surface area contributed by atoms with Gasteiger partial charge in [0.2, 0.25) is 0 Å². The van der Waals surface area contributed by atoms with Crippen molar-refractivity contribution in [3.8, 4) is 0 Å². The highest BCUT2D eigenvalue weighted by Crippen LogP contribution is 2.24. The molecule has 1 aliphatic heterocycles. The molecule has 1 aromatic rings. The quantitative estimate of drug-likeness (QED) is 0.736. The maximum Gasteiger partial charge on any atom is 0.330 e. The first-order valence-electron chi connectivity index (χ1n) is 8.12. The van der Waals surface area contributed by atoms with E-state index in [0.29, 0.717) is 12.6 Å². The van der Waals surface area contributed by atoms with Crippen molar-refractivity contribution in [3.05, 3.63) is 23.8 Å². The van der Waals surface area contributed by atoms with E-state index in [1.54, 1.807) is 5.06 Å². The lowest BCUT2D eigenvalue weighted by molar-refractivity contribution is -0.204. The van der Waals surface area contributed by atoms with Crippen molar-refractivity contribution in [2.24, 2.45) is 11.1 Å². The minimum Gasteiger partial charge on any atom is -0.397 e. The third kappa shape index (κ3) is 4.84. The van der Waals surface area contributed by atoms with Crippen LogP contribution in [-0.2, 0) is 16.2 Å². The molecule has 0 saturated carbocycles. The molecule has 1 heterocycles. The maximum atomic E-state index is 11.9. The Bertz CT molecular complexity index is 546. The number of hydrogen-bond acceptors (Lipinski definition) is 6. The van der Waals surface area contributed by atoms with Crippen molar-refractivity contribution < 1.29 is 9.63 Å². The molecule has 1 aromatic carbocycles. The van der Waals surface area contributed by atoms with Gasteiger partial charge in [-0.1, -0.05) is 6.07 Å². The predicted octanol–water partition coefficient (Wildman–Crippen LogP) is 2.11. The van der Waals surface area contributed by atoms with Crippen molar-refractivity contribution in [1.29, 1.82) is 0 Å². The summed E-state index contributed by atoms with van der Waals surface area (Å²) >= 11 is 0. The van der Waals surface area contributed by atoms with Crippen LogP contribution in [0.5, 0.6) is 0 Å². The zero-order valence-corrected chi connectivity index (χ0v) is 14.3. The van der Waals surface area contributed by atoms with Crippen molar-refractivity contribution in [2.75, 3.05) is 24.1 Å². The Morgan fingerprint density at radius 3 is 2.52 bits per heavy atom. The molecule has 0 bridgehead atoms. The normalized spacial score (nSPS) is 17.0. The Balaban J connectivity index is 1.84. The third-order valence-corrected chi connectivity index (χ3v) is 3.99. The monoisotopic (exact) mass is 320 g/mol. The Morgan fingerprint density at radius 2 is 2.00 bits per heavy atom. The van der Waals surface area contributed by atoms with Crippen LogP contribution in [0, 0.1) is 5.41 Å². The molecule has 1 fully saturated rings. The molecule has 6 nitrogen and oxygen atoms in total. The van der Waals surface area contributed by atoms with Gasteiger partial charge < -0.3 is 21.6 Å². The fourth-order valence-electron chi connectivity index (χ4n) is 2.44. The summed E-state index contributed by atoms with van der Waals surface area (Å²) in [5, 5.41) is 5.23. The fourth-order valence-corrected chi connectivity index (χ4v) is 2.44. The van der Waals surface area contributed by atoms with E-state index in [4.69, 9.17) is 16.3 Å². The average molecular weight is 320 g/mol. The highest BCUT2D eigenvalue weighted by molar-refractivity contribution is 5.75. The average Bonchev–Trinajstić information content (AvgIpc) is 2.50. The van der Waals surface area contributed by atoms with E-state index >= 15 is 0 Å². The Hall–Kier alpha value is -1.79. The van der Waals surface area contributed by atoms with E-state index in [1.807, 2.05) is 39.0 Å². The molecule has 23 heavy (non-hydrogen) atoms. The van der Waals surface area contributed by atoms with Gasteiger partial charge in [-0.25, -0.2) is 4.79 Å². The Morgan fingerprint density at radius 1 is 1.35 bits per heavy atom. The van der Waals surface area contributed by atoms with Crippen LogP contribution in [0.15, 0.2) is 18.2 Å². The van der Waals surface area contributed by atoms with Gasteiger partial charge in [0.15, 0.2) is 0 Å². The minimum atomic E-state index is -0.478. The van der Waals surface area contributed by atoms with Gasteiger partial charge in [0.1, 0.15) is 0 Å². The van der Waals surface area contributed by atoms with Crippen LogP contribution in [0.25, 0.3) is 0 Å². The molecule has 1 saturated heterocycles. The number of rotatable bonds is 4. The summed E-state index contributed by atoms with van der Waals surface area (Å²) < 4.78 is 0. The first-order valence-corrected chi connectivity index (χ1v) is 8.12. The lowest BCUT2D eigenvalue weighted by atomic mass is 9.98. The number of nitrogens with two attached hydrogens (primary N) is 2. The summed E-state index contributed by atoms with van der Waals surface area (Å²) in [6.07, 6.45) is 1.80. The van der Waals surface area contributed by atoms with Gasteiger partial charge in [-0.15, -0.1) is 5.06 Å². The van der Waals surface area contributed by atoms with Gasteiger partial charge in [-0.05, 0) is 51.3 Å². The molecule has 128 valence electrons. The van der Waals surface area contributed by atoms with E-state index in [2.05, 4.69) is 5.32 Å². The fraction of sp³-hybridized carbons (Fsp3) is 0.588. The number of carbonyl (C=O) groups excluding carboxylic acids is 1. The van der Waals surface area contributed by atoms with E-state index < -0.39 is 5.41 Å². The van der Waals surface area contributed by atoms with Crippen LogP contribution in [0.4, 0.5) is 11.4 Å². The second kappa shape index (κ2) is 7.19. The smallest absolute Gasteiger partial charge is 0.330 e. The van der Waals surface area contributed by atoms with Gasteiger partial charge in [0, 0.05) is 25.7 Å². The first kappa shape index (κ1) is 17.6. The third-order valence-electron chi connectivity index (χ3n) is 3.99. The number of anilines is 2. The highest BCUT2D eigenvalue weighted by Gasteiger charge is 2.28. The summed E-state index contributed by atoms with van der Waals surface area (Å²) in [5.74, 6) is -0.189. The number of nitrogens with zero attached hydrogens (tertiary/aromatic N) is 1. The Kier molecular flexibility index (Phi) is 5.49. The first-order chi connectivity index (χ1) is 10.8. The van der Waals surface area contributed by atoms with Gasteiger partial charge in [0.05, 0.1) is 16.8 Å². The molecule has 1 aliphatic rings. The van der Waals surface area contributed by atoms with Crippen LogP contribution in [0.3, 0.4) is 0 Å². The van der Waals surface area contributed by atoms with E-state index in [0.717, 1.165) is 42.9 Å². The maximum absolute atomic E-state index is 11.9. The standard InChI is InChI=1S/C17H28N4O2/c1-17(2,3)16(22)23-21-8-6-13(7-9-21)20-15-5-4-12(11-18)10-14(15)19/h4-5,10,13,20H,6-9,11,18-19H2,1-3H3. The van der Waals surface area contributed by atoms with Crippen LogP contribution >= 0.6 is 0 Å². The molecule has 5 N–H and O–H groups in total. The van der Waals surface area contributed by atoms with Gasteiger partial charge >= 0.3 is 5.97 Å². The second-order valence-electron chi connectivity index (χ2n) is 7.10. The summed E-state index contributed by atoms with van der Waals surface area (Å²) in [4.78, 5) is 17.3. The van der Waals surface area contributed by atoms with Gasteiger partial charge in [0.25, 0.3) is 0 Å². The van der Waals surface area contributed by atoms with E-state index in [-0.39, 0.29) is 5.97 Å². The number of hydrogen-bond donors (Lipinski definition) is 3.